The molecule has 4 nitrogen and oxygen atoms in total. The molecule has 1 aliphatic rings. The van der Waals surface area contributed by atoms with Crippen LogP contribution in [0.3, 0.4) is 0 Å². The average Bonchev–Trinajstić information content (AvgIpc) is 2.28. The van der Waals surface area contributed by atoms with Crippen molar-refractivity contribution < 1.29 is 13.2 Å². The average molecular weight is 246 g/mol. The summed E-state index contributed by atoms with van der Waals surface area (Å²) in [6.07, 6.45) is -2.59. The van der Waals surface area contributed by atoms with Gasteiger partial charge in [-0.15, -0.1) is 10.2 Å². The van der Waals surface area contributed by atoms with Crippen LogP contribution in [-0.2, 0) is 6.18 Å². The van der Waals surface area contributed by atoms with Crippen molar-refractivity contribution in [1.82, 2.24) is 10.2 Å². The van der Waals surface area contributed by atoms with Gasteiger partial charge in [-0.25, -0.2) is 0 Å². The van der Waals surface area contributed by atoms with Gasteiger partial charge in [-0.1, -0.05) is 0 Å². The van der Waals surface area contributed by atoms with E-state index < -0.39 is 11.9 Å². The minimum Gasteiger partial charge on any atom is -0.354 e. The molecular formula is C10H13F3N4. The lowest BCUT2D eigenvalue weighted by molar-refractivity contribution is -0.141. The molecule has 0 spiro atoms. The van der Waals surface area contributed by atoms with E-state index >= 15 is 0 Å². The van der Waals surface area contributed by atoms with Crippen LogP contribution in [0.25, 0.3) is 0 Å². The van der Waals surface area contributed by atoms with E-state index in [-0.39, 0.29) is 6.04 Å². The van der Waals surface area contributed by atoms with E-state index in [1.54, 1.807) is 0 Å². The predicted molar refractivity (Wildman–Crippen MR) is 56.5 cm³/mol. The van der Waals surface area contributed by atoms with Gasteiger partial charge in [-0.3, -0.25) is 0 Å². The van der Waals surface area contributed by atoms with Crippen molar-refractivity contribution >= 4 is 5.82 Å². The zero-order valence-corrected chi connectivity index (χ0v) is 9.11. The van der Waals surface area contributed by atoms with E-state index in [0.29, 0.717) is 12.4 Å². The molecule has 0 saturated carbocycles. The van der Waals surface area contributed by atoms with Gasteiger partial charge in [0.1, 0.15) is 0 Å². The minimum absolute atomic E-state index is 0.0489. The second kappa shape index (κ2) is 4.48. The number of piperidine rings is 1. The van der Waals surface area contributed by atoms with Crippen molar-refractivity contribution in [3.63, 3.8) is 0 Å². The van der Waals surface area contributed by atoms with Crippen molar-refractivity contribution in [3.8, 4) is 0 Å². The van der Waals surface area contributed by atoms with Crippen LogP contribution in [0.4, 0.5) is 19.0 Å². The van der Waals surface area contributed by atoms with Crippen LogP contribution in [0.15, 0.2) is 12.1 Å². The summed E-state index contributed by atoms with van der Waals surface area (Å²) in [6.45, 7) is 1.37. The Balaban J connectivity index is 2.12. The molecule has 2 N–H and O–H groups in total. The summed E-state index contributed by atoms with van der Waals surface area (Å²) in [4.78, 5) is 1.86. The monoisotopic (exact) mass is 246 g/mol. The fourth-order valence-electron chi connectivity index (χ4n) is 1.86. The first kappa shape index (κ1) is 12.1. The zero-order chi connectivity index (χ0) is 12.5. The summed E-state index contributed by atoms with van der Waals surface area (Å²) in [5.41, 5.74) is 4.82. The smallest absolute Gasteiger partial charge is 0.354 e. The van der Waals surface area contributed by atoms with Crippen molar-refractivity contribution in [2.24, 2.45) is 5.73 Å². The third-order valence-corrected chi connectivity index (χ3v) is 2.72. The Morgan fingerprint density at radius 3 is 2.59 bits per heavy atom. The van der Waals surface area contributed by atoms with Gasteiger partial charge in [0.25, 0.3) is 0 Å². The van der Waals surface area contributed by atoms with Crippen LogP contribution >= 0.6 is 0 Å². The van der Waals surface area contributed by atoms with E-state index in [1.807, 2.05) is 4.90 Å². The van der Waals surface area contributed by atoms with E-state index in [0.717, 1.165) is 25.5 Å². The van der Waals surface area contributed by atoms with Gasteiger partial charge < -0.3 is 10.6 Å². The maximum absolute atomic E-state index is 12.3. The highest BCUT2D eigenvalue weighted by molar-refractivity contribution is 5.38. The van der Waals surface area contributed by atoms with Crippen LogP contribution in [0.5, 0.6) is 0 Å². The summed E-state index contributed by atoms with van der Waals surface area (Å²) < 4.78 is 36.9. The Morgan fingerprint density at radius 2 is 2.06 bits per heavy atom. The van der Waals surface area contributed by atoms with Crippen molar-refractivity contribution in [1.29, 1.82) is 0 Å². The van der Waals surface area contributed by atoms with Crippen LogP contribution in [0.1, 0.15) is 18.5 Å². The number of nitrogens with two attached hydrogens (primary N) is 1. The number of hydrogen-bond acceptors (Lipinski definition) is 4. The quantitative estimate of drug-likeness (QED) is 0.814. The molecular weight excluding hydrogens is 233 g/mol. The molecule has 1 unspecified atom stereocenters. The third kappa shape index (κ3) is 2.85. The maximum Gasteiger partial charge on any atom is 0.435 e. The van der Waals surface area contributed by atoms with Crippen molar-refractivity contribution in [2.75, 3.05) is 18.0 Å². The Kier molecular flexibility index (Phi) is 3.19. The molecule has 0 aromatic carbocycles. The Labute approximate surface area is 96.6 Å². The SMILES string of the molecule is NC1CCCN(c2ccc(C(F)(F)F)nn2)C1. The van der Waals surface area contributed by atoms with Gasteiger partial charge in [0.05, 0.1) is 0 Å². The van der Waals surface area contributed by atoms with Gasteiger partial charge in [0, 0.05) is 19.1 Å². The summed E-state index contributed by atoms with van der Waals surface area (Å²) >= 11 is 0. The summed E-state index contributed by atoms with van der Waals surface area (Å²) in [5, 5.41) is 6.80. The molecule has 94 valence electrons. The van der Waals surface area contributed by atoms with Crippen LogP contribution in [0.2, 0.25) is 0 Å². The highest BCUT2D eigenvalue weighted by Crippen LogP contribution is 2.27. The van der Waals surface area contributed by atoms with E-state index in [4.69, 9.17) is 5.73 Å². The fourth-order valence-corrected chi connectivity index (χ4v) is 1.86. The standard InChI is InChI=1S/C10H13F3N4/c11-10(12,13)8-3-4-9(16-15-8)17-5-1-2-7(14)6-17/h3-4,7H,1-2,5-6,14H2. The molecule has 0 radical (unpaired) electrons. The molecule has 7 heteroatoms. The molecule has 1 atom stereocenters. The molecule has 0 aliphatic carbocycles. The van der Waals surface area contributed by atoms with Gasteiger partial charge in [0.15, 0.2) is 11.5 Å². The molecule has 1 fully saturated rings. The lowest BCUT2D eigenvalue weighted by atomic mass is 10.1. The van der Waals surface area contributed by atoms with Gasteiger partial charge >= 0.3 is 6.18 Å². The van der Waals surface area contributed by atoms with Crippen LogP contribution < -0.4 is 10.6 Å². The highest BCUT2D eigenvalue weighted by Gasteiger charge is 2.33. The lowest BCUT2D eigenvalue weighted by Gasteiger charge is -2.31. The first-order chi connectivity index (χ1) is 7.97. The number of hydrogen-bond donors (Lipinski definition) is 1. The van der Waals surface area contributed by atoms with Crippen molar-refractivity contribution in [3.05, 3.63) is 17.8 Å². The van der Waals surface area contributed by atoms with E-state index in [9.17, 15) is 13.2 Å². The second-order valence-corrected chi connectivity index (χ2v) is 4.12. The normalized spacial score (nSPS) is 21.6. The van der Waals surface area contributed by atoms with Gasteiger partial charge in [-0.2, -0.15) is 13.2 Å². The molecule has 2 heterocycles. The number of rotatable bonds is 1. The topological polar surface area (TPSA) is 55.0 Å². The predicted octanol–water partition coefficient (Wildman–Crippen LogP) is 1.42. The molecule has 1 aromatic heterocycles. The first-order valence-corrected chi connectivity index (χ1v) is 5.38. The summed E-state index contributed by atoms with van der Waals surface area (Å²) in [5.74, 6) is 0.452. The molecule has 2 rings (SSSR count). The molecule has 1 aliphatic heterocycles. The molecule has 0 amide bonds. The number of halogens is 3. The Morgan fingerprint density at radius 1 is 1.29 bits per heavy atom. The van der Waals surface area contributed by atoms with Gasteiger partial charge in [-0.05, 0) is 25.0 Å². The minimum atomic E-state index is -4.44. The Hall–Kier alpha value is -1.37. The number of anilines is 1. The Bertz CT molecular complexity index is 376. The molecule has 1 saturated heterocycles. The number of nitrogens with zero attached hydrogens (tertiary/aromatic N) is 3. The van der Waals surface area contributed by atoms with Gasteiger partial charge in [0.2, 0.25) is 0 Å². The summed E-state index contributed by atoms with van der Waals surface area (Å²) in [7, 11) is 0. The highest BCUT2D eigenvalue weighted by atomic mass is 19.4. The van der Waals surface area contributed by atoms with Crippen LogP contribution in [0, 0.1) is 0 Å². The largest absolute Gasteiger partial charge is 0.435 e. The van der Waals surface area contributed by atoms with Crippen LogP contribution in [-0.4, -0.2) is 29.3 Å². The third-order valence-electron chi connectivity index (χ3n) is 2.72. The lowest BCUT2D eigenvalue weighted by Crippen LogP contribution is -2.43. The fraction of sp³-hybridized carbons (Fsp3) is 0.600. The number of alkyl halides is 3. The summed E-state index contributed by atoms with van der Waals surface area (Å²) in [6, 6.07) is 2.34. The molecule has 1 aromatic rings. The molecule has 17 heavy (non-hydrogen) atoms. The number of aromatic nitrogens is 2. The zero-order valence-electron chi connectivity index (χ0n) is 9.11. The molecule has 0 bridgehead atoms. The second-order valence-electron chi connectivity index (χ2n) is 4.12. The van der Waals surface area contributed by atoms with Crippen molar-refractivity contribution in [2.45, 2.75) is 25.1 Å². The maximum atomic E-state index is 12.3. The van der Waals surface area contributed by atoms with E-state index in [2.05, 4.69) is 10.2 Å². The van der Waals surface area contributed by atoms with E-state index in [1.165, 1.54) is 6.07 Å². The first-order valence-electron chi connectivity index (χ1n) is 5.38.